The van der Waals surface area contributed by atoms with Crippen LogP contribution in [0, 0.1) is 11.8 Å². The Bertz CT molecular complexity index is 103. The number of hydrogen-bond acceptors (Lipinski definition) is 0. The van der Waals surface area contributed by atoms with Gasteiger partial charge in [-0.25, -0.2) is 0 Å². The molecule has 0 heterocycles. The maximum atomic E-state index is 2.36. The van der Waals surface area contributed by atoms with Crippen LogP contribution in [-0.4, -0.2) is 0 Å². The standard InChI is InChI=1S/C14H30/c1-5-9-10-11-12-14(8-4)13(6-2)7-3/h13-14H,5-12H2,1-4H3. The molecule has 14 heavy (non-hydrogen) atoms. The SMILES string of the molecule is CCCCCCC(CC)C(CC)CC. The summed E-state index contributed by atoms with van der Waals surface area (Å²) in [7, 11) is 0. The van der Waals surface area contributed by atoms with Crippen molar-refractivity contribution in [3.8, 4) is 0 Å². The highest BCUT2D eigenvalue weighted by Crippen LogP contribution is 2.27. The molecule has 0 saturated heterocycles. The van der Waals surface area contributed by atoms with Crippen molar-refractivity contribution >= 4 is 0 Å². The number of unbranched alkanes of at least 4 members (excludes halogenated alkanes) is 3. The zero-order valence-electron chi connectivity index (χ0n) is 10.8. The Balaban J connectivity index is 3.65. The van der Waals surface area contributed by atoms with Crippen molar-refractivity contribution in [2.24, 2.45) is 11.8 Å². The molecule has 0 aliphatic rings. The lowest BCUT2D eigenvalue weighted by molar-refractivity contribution is 0.278. The molecule has 0 aromatic heterocycles. The lowest BCUT2D eigenvalue weighted by Crippen LogP contribution is -2.12. The first kappa shape index (κ1) is 14.0. The van der Waals surface area contributed by atoms with E-state index >= 15 is 0 Å². The van der Waals surface area contributed by atoms with Crippen molar-refractivity contribution in [3.63, 3.8) is 0 Å². The number of rotatable bonds is 9. The van der Waals surface area contributed by atoms with Gasteiger partial charge in [-0.3, -0.25) is 0 Å². The summed E-state index contributed by atoms with van der Waals surface area (Å²) < 4.78 is 0. The zero-order valence-corrected chi connectivity index (χ0v) is 10.8. The summed E-state index contributed by atoms with van der Waals surface area (Å²) in [6.07, 6.45) is 11.3. The molecule has 0 heteroatoms. The molecule has 0 rings (SSSR count). The number of hydrogen-bond donors (Lipinski definition) is 0. The lowest BCUT2D eigenvalue weighted by Gasteiger charge is -2.23. The Morgan fingerprint density at radius 2 is 1.21 bits per heavy atom. The van der Waals surface area contributed by atoms with Crippen LogP contribution in [0.4, 0.5) is 0 Å². The van der Waals surface area contributed by atoms with E-state index in [9.17, 15) is 0 Å². The highest BCUT2D eigenvalue weighted by atomic mass is 14.2. The van der Waals surface area contributed by atoms with Gasteiger partial charge in [0.15, 0.2) is 0 Å². The van der Waals surface area contributed by atoms with E-state index in [1.54, 1.807) is 0 Å². The maximum Gasteiger partial charge on any atom is -0.0389 e. The van der Waals surface area contributed by atoms with Gasteiger partial charge in [0, 0.05) is 0 Å². The molecule has 0 radical (unpaired) electrons. The predicted octanol–water partition coefficient (Wildman–Crippen LogP) is 5.42. The minimum Gasteiger partial charge on any atom is -0.0654 e. The van der Waals surface area contributed by atoms with Crippen LogP contribution in [-0.2, 0) is 0 Å². The molecule has 0 aliphatic heterocycles. The second-order valence-corrected chi connectivity index (χ2v) is 4.59. The smallest absolute Gasteiger partial charge is 0.0389 e. The molecule has 0 spiro atoms. The fourth-order valence-electron chi connectivity index (χ4n) is 2.56. The summed E-state index contributed by atoms with van der Waals surface area (Å²) >= 11 is 0. The van der Waals surface area contributed by atoms with Crippen LogP contribution in [0.25, 0.3) is 0 Å². The van der Waals surface area contributed by atoms with Gasteiger partial charge in [0.1, 0.15) is 0 Å². The van der Waals surface area contributed by atoms with E-state index in [1.807, 2.05) is 0 Å². The Morgan fingerprint density at radius 1 is 0.643 bits per heavy atom. The third-order valence-corrected chi connectivity index (χ3v) is 3.67. The van der Waals surface area contributed by atoms with Crippen molar-refractivity contribution in [3.05, 3.63) is 0 Å². The van der Waals surface area contributed by atoms with E-state index < -0.39 is 0 Å². The lowest BCUT2D eigenvalue weighted by atomic mass is 9.82. The summed E-state index contributed by atoms with van der Waals surface area (Å²) in [4.78, 5) is 0. The van der Waals surface area contributed by atoms with Gasteiger partial charge in [-0.1, -0.05) is 79.1 Å². The average Bonchev–Trinajstić information content (AvgIpc) is 2.23. The van der Waals surface area contributed by atoms with E-state index in [0.29, 0.717) is 0 Å². The Kier molecular flexibility index (Phi) is 9.55. The van der Waals surface area contributed by atoms with Crippen molar-refractivity contribution in [1.29, 1.82) is 0 Å². The van der Waals surface area contributed by atoms with Crippen LogP contribution in [0.15, 0.2) is 0 Å². The van der Waals surface area contributed by atoms with Crippen LogP contribution in [0.5, 0.6) is 0 Å². The minimum absolute atomic E-state index is 0.988. The first-order valence-corrected chi connectivity index (χ1v) is 6.79. The van der Waals surface area contributed by atoms with Crippen molar-refractivity contribution in [1.82, 2.24) is 0 Å². The van der Waals surface area contributed by atoms with Crippen molar-refractivity contribution in [2.75, 3.05) is 0 Å². The van der Waals surface area contributed by atoms with Gasteiger partial charge in [0.2, 0.25) is 0 Å². The first-order valence-electron chi connectivity index (χ1n) is 6.79. The first-order chi connectivity index (χ1) is 6.79. The summed E-state index contributed by atoms with van der Waals surface area (Å²) in [5, 5.41) is 0. The van der Waals surface area contributed by atoms with Gasteiger partial charge in [-0.15, -0.1) is 0 Å². The van der Waals surface area contributed by atoms with Gasteiger partial charge in [-0.05, 0) is 11.8 Å². The molecule has 0 amide bonds. The predicted molar refractivity (Wildman–Crippen MR) is 66.6 cm³/mol. The quantitative estimate of drug-likeness (QED) is 0.434. The van der Waals surface area contributed by atoms with Crippen LogP contribution in [0.3, 0.4) is 0 Å². The van der Waals surface area contributed by atoms with E-state index in [2.05, 4.69) is 27.7 Å². The normalized spacial score (nSPS) is 13.5. The average molecular weight is 198 g/mol. The zero-order chi connectivity index (χ0) is 10.8. The topological polar surface area (TPSA) is 0 Å². The molecule has 1 unspecified atom stereocenters. The second-order valence-electron chi connectivity index (χ2n) is 4.59. The van der Waals surface area contributed by atoms with Gasteiger partial charge < -0.3 is 0 Å². The van der Waals surface area contributed by atoms with Crippen LogP contribution in [0.2, 0.25) is 0 Å². The van der Waals surface area contributed by atoms with Crippen LogP contribution >= 0.6 is 0 Å². The molecular weight excluding hydrogens is 168 g/mol. The van der Waals surface area contributed by atoms with E-state index in [1.165, 1.54) is 51.4 Å². The fraction of sp³-hybridized carbons (Fsp3) is 1.00. The molecule has 1 atom stereocenters. The molecule has 0 fully saturated rings. The van der Waals surface area contributed by atoms with Gasteiger partial charge in [0.05, 0.1) is 0 Å². The third-order valence-electron chi connectivity index (χ3n) is 3.67. The van der Waals surface area contributed by atoms with E-state index in [4.69, 9.17) is 0 Å². The van der Waals surface area contributed by atoms with Crippen LogP contribution < -0.4 is 0 Å². The van der Waals surface area contributed by atoms with E-state index in [0.717, 1.165) is 11.8 Å². The molecule has 0 bridgehead atoms. The summed E-state index contributed by atoms with van der Waals surface area (Å²) in [5.41, 5.74) is 0. The van der Waals surface area contributed by atoms with Crippen molar-refractivity contribution in [2.45, 2.75) is 79.1 Å². The van der Waals surface area contributed by atoms with Crippen LogP contribution in [0.1, 0.15) is 79.1 Å². The minimum atomic E-state index is 0.988. The molecular formula is C14H30. The molecule has 86 valence electrons. The summed E-state index contributed by atoms with van der Waals surface area (Å²) in [6, 6.07) is 0. The molecule has 0 aromatic carbocycles. The molecule has 0 aromatic rings. The van der Waals surface area contributed by atoms with Gasteiger partial charge in [-0.2, -0.15) is 0 Å². The third kappa shape index (κ3) is 5.67. The summed E-state index contributed by atoms with van der Waals surface area (Å²) in [5.74, 6) is 1.99. The molecule has 0 N–H and O–H groups in total. The molecule has 0 aliphatic carbocycles. The highest BCUT2D eigenvalue weighted by Gasteiger charge is 2.15. The Morgan fingerprint density at radius 3 is 1.64 bits per heavy atom. The Labute approximate surface area is 91.5 Å². The Hall–Kier alpha value is 0. The monoisotopic (exact) mass is 198 g/mol. The highest BCUT2D eigenvalue weighted by molar-refractivity contribution is 4.66. The van der Waals surface area contributed by atoms with Crippen molar-refractivity contribution < 1.29 is 0 Å². The summed E-state index contributed by atoms with van der Waals surface area (Å²) in [6.45, 7) is 9.35. The molecule has 0 nitrogen and oxygen atoms in total. The molecule has 0 saturated carbocycles. The van der Waals surface area contributed by atoms with E-state index in [-0.39, 0.29) is 0 Å². The van der Waals surface area contributed by atoms with Gasteiger partial charge >= 0.3 is 0 Å². The largest absolute Gasteiger partial charge is 0.0654 e. The van der Waals surface area contributed by atoms with Gasteiger partial charge in [0.25, 0.3) is 0 Å². The maximum absolute atomic E-state index is 2.36. The second kappa shape index (κ2) is 9.55. The fourth-order valence-corrected chi connectivity index (χ4v) is 2.56.